The number of nitrogens with zero attached hydrogens (tertiary/aromatic N) is 2. The van der Waals surface area contributed by atoms with E-state index in [4.69, 9.17) is 9.47 Å². The van der Waals surface area contributed by atoms with E-state index in [0.717, 1.165) is 38.0 Å². The Morgan fingerprint density at radius 3 is 2.67 bits per heavy atom. The zero-order chi connectivity index (χ0) is 17.2. The molecule has 1 aromatic carbocycles. The number of halogens is 1. The third-order valence-electron chi connectivity index (χ3n) is 5.27. The molecule has 0 aliphatic carbocycles. The van der Waals surface area contributed by atoms with Gasteiger partial charge in [-0.3, -0.25) is 4.79 Å². The van der Waals surface area contributed by atoms with E-state index in [1.54, 1.807) is 19.2 Å². The molecular formula is C18H25FN2O3. The predicted molar refractivity (Wildman–Crippen MR) is 89.6 cm³/mol. The van der Waals surface area contributed by atoms with Crippen LogP contribution >= 0.6 is 0 Å². The standard InChI is InChI=1S/C18H25FN2O3/c1-20(15-5-3-14(19)4-6-15)16-11-18(24-12-16)7-9-21(10-8-18)17(22)13-23-2/h3-6,16H,7-13H2,1-2H3/t16-/m0/s1. The van der Waals surface area contributed by atoms with Crippen molar-refractivity contribution in [3.05, 3.63) is 30.1 Å². The summed E-state index contributed by atoms with van der Waals surface area (Å²) < 4.78 is 24.2. The van der Waals surface area contributed by atoms with Gasteiger partial charge in [-0.05, 0) is 43.5 Å². The molecule has 1 amide bonds. The number of amides is 1. The molecule has 1 spiro atoms. The summed E-state index contributed by atoms with van der Waals surface area (Å²) in [5.74, 6) is -0.176. The molecule has 2 aliphatic heterocycles. The third-order valence-corrected chi connectivity index (χ3v) is 5.27. The van der Waals surface area contributed by atoms with Gasteiger partial charge in [0.25, 0.3) is 0 Å². The monoisotopic (exact) mass is 336 g/mol. The SMILES string of the molecule is COCC(=O)N1CCC2(CC1)C[C@H](N(C)c1ccc(F)cc1)CO2. The Balaban J connectivity index is 1.57. The smallest absolute Gasteiger partial charge is 0.248 e. The van der Waals surface area contributed by atoms with Crippen LogP contribution < -0.4 is 4.90 Å². The summed E-state index contributed by atoms with van der Waals surface area (Å²) in [4.78, 5) is 15.9. The minimum absolute atomic E-state index is 0.0466. The van der Waals surface area contributed by atoms with Gasteiger partial charge in [0, 0.05) is 32.9 Å². The average Bonchev–Trinajstić information content (AvgIpc) is 2.99. The van der Waals surface area contributed by atoms with Crippen LogP contribution in [0.3, 0.4) is 0 Å². The summed E-state index contributed by atoms with van der Waals surface area (Å²) in [6.45, 7) is 2.24. The minimum Gasteiger partial charge on any atom is -0.375 e. The predicted octanol–water partition coefficient (Wildman–Crippen LogP) is 2.06. The second-order valence-corrected chi connectivity index (χ2v) is 6.75. The molecule has 6 heteroatoms. The van der Waals surface area contributed by atoms with Gasteiger partial charge >= 0.3 is 0 Å². The summed E-state index contributed by atoms with van der Waals surface area (Å²) in [6.07, 6.45) is 2.65. The number of likely N-dealkylation sites (tertiary alicyclic amines) is 1. The zero-order valence-electron chi connectivity index (χ0n) is 14.3. The van der Waals surface area contributed by atoms with Crippen LogP contribution in [0.25, 0.3) is 0 Å². The summed E-state index contributed by atoms with van der Waals surface area (Å²) in [5, 5.41) is 0. The molecule has 24 heavy (non-hydrogen) atoms. The van der Waals surface area contributed by atoms with E-state index in [-0.39, 0.29) is 30.0 Å². The van der Waals surface area contributed by atoms with Gasteiger partial charge < -0.3 is 19.3 Å². The molecule has 0 aromatic heterocycles. The Kier molecular flexibility index (Phi) is 5.06. The number of likely N-dealkylation sites (N-methyl/N-ethyl adjacent to an activating group) is 1. The Hall–Kier alpha value is -1.66. The van der Waals surface area contributed by atoms with E-state index in [9.17, 15) is 9.18 Å². The van der Waals surface area contributed by atoms with Crippen molar-refractivity contribution in [1.82, 2.24) is 4.90 Å². The Morgan fingerprint density at radius 2 is 2.04 bits per heavy atom. The topological polar surface area (TPSA) is 42.0 Å². The maximum Gasteiger partial charge on any atom is 0.248 e. The maximum atomic E-state index is 13.1. The molecule has 2 heterocycles. The molecule has 1 aromatic rings. The minimum atomic E-state index is -0.223. The van der Waals surface area contributed by atoms with Crippen molar-refractivity contribution >= 4 is 11.6 Å². The van der Waals surface area contributed by atoms with Crippen molar-refractivity contribution < 1.29 is 18.7 Å². The van der Waals surface area contributed by atoms with E-state index in [1.165, 1.54) is 12.1 Å². The molecule has 2 fully saturated rings. The molecular weight excluding hydrogens is 311 g/mol. The highest BCUT2D eigenvalue weighted by atomic mass is 19.1. The van der Waals surface area contributed by atoms with Crippen molar-refractivity contribution in [2.24, 2.45) is 0 Å². The first-order valence-electron chi connectivity index (χ1n) is 8.42. The summed E-state index contributed by atoms with van der Waals surface area (Å²) in [6, 6.07) is 6.84. The molecule has 132 valence electrons. The fourth-order valence-electron chi connectivity index (χ4n) is 3.68. The molecule has 0 unspecified atom stereocenters. The van der Waals surface area contributed by atoms with E-state index >= 15 is 0 Å². The number of benzene rings is 1. The molecule has 3 rings (SSSR count). The lowest BCUT2D eigenvalue weighted by atomic mass is 9.87. The molecule has 2 aliphatic rings. The van der Waals surface area contributed by atoms with Crippen LogP contribution in [-0.4, -0.2) is 62.9 Å². The molecule has 1 atom stereocenters. The molecule has 2 saturated heterocycles. The fraction of sp³-hybridized carbons (Fsp3) is 0.611. The maximum absolute atomic E-state index is 13.1. The summed E-state index contributed by atoms with van der Waals surface area (Å²) >= 11 is 0. The lowest BCUT2D eigenvalue weighted by molar-refractivity contribution is -0.139. The first-order chi connectivity index (χ1) is 11.5. The van der Waals surface area contributed by atoms with Gasteiger partial charge in [0.05, 0.1) is 18.2 Å². The van der Waals surface area contributed by atoms with Crippen LogP contribution in [0, 0.1) is 5.82 Å². The molecule has 0 saturated carbocycles. The number of carbonyl (C=O) groups is 1. The lowest BCUT2D eigenvalue weighted by Gasteiger charge is -2.39. The number of piperidine rings is 1. The van der Waals surface area contributed by atoms with Crippen LogP contribution in [0.15, 0.2) is 24.3 Å². The second-order valence-electron chi connectivity index (χ2n) is 6.75. The molecule has 5 nitrogen and oxygen atoms in total. The first-order valence-corrected chi connectivity index (χ1v) is 8.42. The van der Waals surface area contributed by atoms with Crippen LogP contribution in [0.4, 0.5) is 10.1 Å². The highest BCUT2D eigenvalue weighted by Gasteiger charge is 2.44. The number of rotatable bonds is 4. The van der Waals surface area contributed by atoms with Crippen LogP contribution in [0.2, 0.25) is 0 Å². The van der Waals surface area contributed by atoms with E-state index in [1.807, 2.05) is 11.9 Å². The summed E-state index contributed by atoms with van der Waals surface area (Å²) in [5.41, 5.74) is 0.859. The van der Waals surface area contributed by atoms with Gasteiger partial charge in [-0.2, -0.15) is 0 Å². The zero-order valence-corrected chi connectivity index (χ0v) is 14.3. The average molecular weight is 336 g/mol. The van der Waals surface area contributed by atoms with Crippen molar-refractivity contribution in [2.45, 2.75) is 30.9 Å². The van der Waals surface area contributed by atoms with Crippen LogP contribution in [-0.2, 0) is 14.3 Å². The number of hydrogen-bond acceptors (Lipinski definition) is 4. The third kappa shape index (κ3) is 3.54. The van der Waals surface area contributed by atoms with Crippen LogP contribution in [0.1, 0.15) is 19.3 Å². The van der Waals surface area contributed by atoms with Crippen molar-refractivity contribution in [2.75, 3.05) is 45.4 Å². The summed E-state index contributed by atoms with van der Waals surface area (Å²) in [7, 11) is 3.57. The molecule has 0 radical (unpaired) electrons. The lowest BCUT2D eigenvalue weighted by Crippen LogP contribution is -2.47. The van der Waals surface area contributed by atoms with Gasteiger partial charge in [0.15, 0.2) is 0 Å². The van der Waals surface area contributed by atoms with Crippen molar-refractivity contribution in [1.29, 1.82) is 0 Å². The van der Waals surface area contributed by atoms with Gasteiger partial charge in [-0.15, -0.1) is 0 Å². The highest BCUT2D eigenvalue weighted by Crippen LogP contribution is 2.38. The first kappa shape index (κ1) is 17.2. The number of ether oxygens (including phenoxy) is 2. The van der Waals surface area contributed by atoms with E-state index < -0.39 is 0 Å². The van der Waals surface area contributed by atoms with Gasteiger partial charge in [0.1, 0.15) is 12.4 Å². The van der Waals surface area contributed by atoms with Crippen LogP contribution in [0.5, 0.6) is 0 Å². The van der Waals surface area contributed by atoms with Gasteiger partial charge in [-0.25, -0.2) is 4.39 Å². The molecule has 0 N–H and O–H groups in total. The number of hydrogen-bond donors (Lipinski definition) is 0. The van der Waals surface area contributed by atoms with Gasteiger partial charge in [0.2, 0.25) is 5.91 Å². The Labute approximate surface area is 142 Å². The fourth-order valence-corrected chi connectivity index (χ4v) is 3.68. The van der Waals surface area contributed by atoms with Crippen molar-refractivity contribution in [3.63, 3.8) is 0 Å². The molecule has 0 bridgehead atoms. The second kappa shape index (κ2) is 7.07. The highest BCUT2D eigenvalue weighted by molar-refractivity contribution is 5.77. The van der Waals surface area contributed by atoms with Crippen molar-refractivity contribution in [3.8, 4) is 0 Å². The van der Waals surface area contributed by atoms with E-state index in [0.29, 0.717) is 6.61 Å². The normalized spacial score (nSPS) is 22.8. The number of methoxy groups -OCH3 is 1. The number of anilines is 1. The quantitative estimate of drug-likeness (QED) is 0.844. The number of carbonyl (C=O) groups excluding carboxylic acids is 1. The van der Waals surface area contributed by atoms with E-state index in [2.05, 4.69) is 4.90 Å². The largest absolute Gasteiger partial charge is 0.375 e. The Morgan fingerprint density at radius 1 is 1.38 bits per heavy atom. The Bertz CT molecular complexity index is 570. The van der Waals surface area contributed by atoms with Gasteiger partial charge in [-0.1, -0.05) is 0 Å².